The molecule has 1 heterocycles. The molecule has 1 aromatic rings. The summed E-state index contributed by atoms with van der Waals surface area (Å²) < 4.78 is 36.0. The Morgan fingerprint density at radius 3 is 2.43 bits per heavy atom. The molecule has 1 aliphatic rings. The van der Waals surface area contributed by atoms with Crippen LogP contribution in [0.4, 0.5) is 0 Å². The van der Waals surface area contributed by atoms with Crippen LogP contribution in [-0.2, 0) is 10.2 Å². The topological polar surface area (TPSA) is 83.4 Å². The van der Waals surface area contributed by atoms with Crippen molar-refractivity contribution in [3.8, 4) is 5.75 Å². The van der Waals surface area contributed by atoms with E-state index >= 15 is 0 Å². The van der Waals surface area contributed by atoms with E-state index < -0.39 is 15.7 Å². The summed E-state index contributed by atoms with van der Waals surface area (Å²) in [7, 11) is -3.70. The van der Waals surface area contributed by atoms with Gasteiger partial charge in [-0.1, -0.05) is 29.3 Å². The van der Waals surface area contributed by atoms with Crippen molar-refractivity contribution in [2.24, 2.45) is 10.2 Å². The number of ether oxygens (including phenoxy) is 1. The van der Waals surface area contributed by atoms with Crippen LogP contribution in [0.15, 0.2) is 40.2 Å². The van der Waals surface area contributed by atoms with E-state index in [-0.39, 0.29) is 12.1 Å². The van der Waals surface area contributed by atoms with Crippen molar-refractivity contribution >= 4 is 33.4 Å². The van der Waals surface area contributed by atoms with Gasteiger partial charge in [-0.3, -0.25) is 0 Å². The quantitative estimate of drug-likeness (QED) is 0.522. The highest BCUT2D eigenvalue weighted by Gasteiger charge is 2.35. The smallest absolute Gasteiger partial charge is 0.280 e. The van der Waals surface area contributed by atoms with Gasteiger partial charge in [0.2, 0.25) is 0 Å². The van der Waals surface area contributed by atoms with E-state index in [9.17, 15) is 8.42 Å². The Hall–Kier alpha value is -1.19. The van der Waals surface area contributed by atoms with Gasteiger partial charge in [0.05, 0.1) is 27.3 Å². The van der Waals surface area contributed by atoms with Crippen molar-refractivity contribution in [1.82, 2.24) is 9.03 Å². The summed E-state index contributed by atoms with van der Waals surface area (Å²) >= 11 is 12.0. The Bertz CT molecular complexity index is 893. The lowest BCUT2D eigenvalue weighted by Crippen LogP contribution is -2.53. The maximum absolute atomic E-state index is 12.9. The fraction of sp³-hybridized carbons (Fsp3) is 0.600. The molecule has 1 fully saturated rings. The number of benzene rings is 1. The van der Waals surface area contributed by atoms with Crippen LogP contribution in [0, 0.1) is 0 Å². The highest BCUT2D eigenvalue weighted by atomic mass is 35.5. The van der Waals surface area contributed by atoms with Gasteiger partial charge >= 0.3 is 0 Å². The van der Waals surface area contributed by atoms with Gasteiger partial charge in [-0.05, 0) is 59.6 Å². The lowest BCUT2D eigenvalue weighted by atomic mass is 10.0. The van der Waals surface area contributed by atoms with Crippen LogP contribution in [0.1, 0.15) is 47.5 Å². The van der Waals surface area contributed by atoms with E-state index in [0.717, 1.165) is 0 Å². The van der Waals surface area contributed by atoms with Crippen molar-refractivity contribution in [2.75, 3.05) is 13.1 Å². The first-order valence-corrected chi connectivity index (χ1v) is 12.1. The maximum atomic E-state index is 12.9. The molecular weight excluding hydrogens is 447 g/mol. The second-order valence-corrected chi connectivity index (χ2v) is 10.5. The van der Waals surface area contributed by atoms with Gasteiger partial charge in [0.25, 0.3) is 10.2 Å². The molecule has 0 unspecified atom stereocenters. The zero-order valence-corrected chi connectivity index (χ0v) is 20.4. The molecule has 0 bridgehead atoms. The minimum Gasteiger partial charge on any atom is -0.490 e. The second-order valence-electron chi connectivity index (χ2n) is 8.01. The third kappa shape index (κ3) is 6.92. The second kappa shape index (κ2) is 10.4. The number of hydrogen-bond acceptors (Lipinski definition) is 5. The summed E-state index contributed by atoms with van der Waals surface area (Å²) in [5.74, 6) is 0.623. The Labute approximate surface area is 189 Å². The lowest BCUT2D eigenvalue weighted by molar-refractivity contribution is 0.134. The van der Waals surface area contributed by atoms with Gasteiger partial charge in [0.1, 0.15) is 11.9 Å². The molecule has 168 valence electrons. The van der Waals surface area contributed by atoms with Crippen LogP contribution in [0.5, 0.6) is 5.75 Å². The van der Waals surface area contributed by atoms with Gasteiger partial charge in [-0.2, -0.15) is 27.7 Å². The molecule has 10 heteroatoms. The van der Waals surface area contributed by atoms with Crippen LogP contribution in [0.3, 0.4) is 0 Å². The minimum absolute atomic E-state index is 0.0295. The number of piperidine rings is 1. The minimum atomic E-state index is -3.70. The van der Waals surface area contributed by atoms with Crippen LogP contribution in [-0.4, -0.2) is 43.5 Å². The van der Waals surface area contributed by atoms with E-state index in [1.54, 1.807) is 38.1 Å². The van der Waals surface area contributed by atoms with Crippen molar-refractivity contribution in [1.29, 1.82) is 0 Å². The van der Waals surface area contributed by atoms with E-state index in [2.05, 4.69) is 15.0 Å². The number of rotatable bonds is 8. The summed E-state index contributed by atoms with van der Waals surface area (Å²) in [5.41, 5.74) is -0.322. The molecule has 0 amide bonds. The van der Waals surface area contributed by atoms with Crippen molar-refractivity contribution in [3.63, 3.8) is 0 Å². The predicted molar refractivity (Wildman–Crippen MR) is 122 cm³/mol. The third-order valence-electron chi connectivity index (χ3n) is 4.63. The predicted octanol–water partition coefficient (Wildman–Crippen LogP) is 5.21. The first-order valence-electron chi connectivity index (χ1n) is 9.93. The summed E-state index contributed by atoms with van der Waals surface area (Å²) in [6.07, 6.45) is 2.83. The van der Waals surface area contributed by atoms with E-state index in [0.29, 0.717) is 47.4 Å². The number of nitrogens with one attached hydrogen (secondary N) is 1. The van der Waals surface area contributed by atoms with Gasteiger partial charge in [-0.25, -0.2) is 0 Å². The van der Waals surface area contributed by atoms with E-state index in [1.807, 2.05) is 20.8 Å². The van der Waals surface area contributed by atoms with Gasteiger partial charge in [-0.15, -0.1) is 0 Å². The molecule has 30 heavy (non-hydrogen) atoms. The molecule has 2 rings (SSSR count). The standard InChI is InChI=1S/C20H30Cl2N4O3S/c1-6-19(24-23-14(2)3)20(4,5)25-30(27,28)26-11-9-15(10-12-26)29-16-7-8-17(21)18(22)13-16/h6-8,13-15,25H,9-12H2,1-5H3/b19-6-,24-23?. The number of azo groups is 1. The highest BCUT2D eigenvalue weighted by molar-refractivity contribution is 7.87. The Morgan fingerprint density at radius 2 is 1.90 bits per heavy atom. The first-order chi connectivity index (χ1) is 13.9. The van der Waals surface area contributed by atoms with Gasteiger partial charge in [0.15, 0.2) is 0 Å². The molecule has 0 radical (unpaired) electrons. The van der Waals surface area contributed by atoms with Crippen molar-refractivity contribution in [2.45, 2.75) is 65.1 Å². The van der Waals surface area contributed by atoms with Crippen LogP contribution in [0.25, 0.3) is 0 Å². The molecule has 1 N–H and O–H groups in total. The van der Waals surface area contributed by atoms with Gasteiger partial charge < -0.3 is 4.74 Å². The Balaban J connectivity index is 1.98. The molecule has 1 saturated heterocycles. The summed E-state index contributed by atoms with van der Waals surface area (Å²) in [6, 6.07) is 5.13. The molecule has 0 spiro atoms. The average molecular weight is 477 g/mol. The Morgan fingerprint density at radius 1 is 1.27 bits per heavy atom. The van der Waals surface area contributed by atoms with Crippen molar-refractivity contribution < 1.29 is 13.2 Å². The fourth-order valence-corrected chi connectivity index (χ4v) is 4.95. The van der Waals surface area contributed by atoms with Crippen LogP contribution >= 0.6 is 23.2 Å². The average Bonchev–Trinajstić information content (AvgIpc) is 2.64. The first kappa shape index (κ1) is 25.1. The van der Waals surface area contributed by atoms with Crippen molar-refractivity contribution in [3.05, 3.63) is 40.0 Å². The summed E-state index contributed by atoms with van der Waals surface area (Å²) in [6.45, 7) is 9.91. The zero-order valence-electron chi connectivity index (χ0n) is 18.0. The lowest BCUT2D eigenvalue weighted by Gasteiger charge is -2.34. The largest absolute Gasteiger partial charge is 0.490 e. The highest BCUT2D eigenvalue weighted by Crippen LogP contribution is 2.29. The Kier molecular flexibility index (Phi) is 8.70. The normalized spacial score (nSPS) is 17.8. The monoisotopic (exact) mass is 476 g/mol. The van der Waals surface area contributed by atoms with Crippen LogP contribution in [0.2, 0.25) is 10.0 Å². The molecule has 0 atom stereocenters. The van der Waals surface area contributed by atoms with Gasteiger partial charge in [0, 0.05) is 19.2 Å². The molecular formula is C20H30Cl2N4O3S. The van der Waals surface area contributed by atoms with E-state index in [1.165, 1.54) is 4.31 Å². The number of allylic oxidation sites excluding steroid dienone is 1. The van der Waals surface area contributed by atoms with Crippen LogP contribution < -0.4 is 9.46 Å². The third-order valence-corrected chi connectivity index (χ3v) is 7.18. The van der Waals surface area contributed by atoms with E-state index in [4.69, 9.17) is 27.9 Å². The molecule has 1 aliphatic heterocycles. The summed E-state index contributed by atoms with van der Waals surface area (Å²) in [4.78, 5) is 0. The molecule has 0 aromatic heterocycles. The SMILES string of the molecule is C/C=C(\N=NC(C)C)C(C)(C)NS(=O)(=O)N1CCC(Oc2ccc(Cl)c(Cl)c2)CC1. The maximum Gasteiger partial charge on any atom is 0.280 e. The number of nitrogens with zero attached hydrogens (tertiary/aromatic N) is 3. The molecule has 1 aromatic carbocycles. The molecule has 0 aliphatic carbocycles. The summed E-state index contributed by atoms with van der Waals surface area (Å²) in [5, 5.41) is 9.25. The number of hydrogen-bond donors (Lipinski definition) is 1. The molecule has 0 saturated carbocycles. The number of halogens is 2. The zero-order chi connectivity index (χ0) is 22.5. The fourth-order valence-electron chi connectivity index (χ4n) is 3.09. The molecule has 7 nitrogen and oxygen atoms in total.